The number of aryl methyl sites for hydroxylation is 1. The molecular weight excluding hydrogens is 370 g/mol. The summed E-state index contributed by atoms with van der Waals surface area (Å²) in [6, 6.07) is 13.5. The van der Waals surface area contributed by atoms with Crippen molar-refractivity contribution in [1.82, 2.24) is 4.90 Å². The second-order valence-corrected chi connectivity index (χ2v) is 7.37. The van der Waals surface area contributed by atoms with Crippen molar-refractivity contribution in [3.05, 3.63) is 48.0 Å². The molecule has 1 N–H and O–H groups in total. The fourth-order valence-corrected chi connectivity index (χ4v) is 3.69. The summed E-state index contributed by atoms with van der Waals surface area (Å²) in [7, 11) is 1.65. The van der Waals surface area contributed by atoms with Gasteiger partial charge in [0.25, 0.3) is 5.91 Å². The lowest BCUT2D eigenvalue weighted by Gasteiger charge is -2.37. The summed E-state index contributed by atoms with van der Waals surface area (Å²) >= 11 is 0. The van der Waals surface area contributed by atoms with Gasteiger partial charge in [-0.05, 0) is 48.9 Å². The van der Waals surface area contributed by atoms with E-state index in [1.807, 2.05) is 49.4 Å². The smallest absolute Gasteiger partial charge is 0.266 e. The van der Waals surface area contributed by atoms with Crippen molar-refractivity contribution in [1.29, 1.82) is 0 Å². The van der Waals surface area contributed by atoms with Crippen LogP contribution in [0.4, 0.5) is 11.4 Å². The first-order chi connectivity index (χ1) is 14.0. The molecule has 1 fully saturated rings. The van der Waals surface area contributed by atoms with Crippen molar-refractivity contribution in [3.63, 3.8) is 0 Å². The molecule has 2 aromatic carbocycles. The highest BCUT2D eigenvalue weighted by atomic mass is 16.5. The van der Waals surface area contributed by atoms with Gasteiger partial charge in [-0.25, -0.2) is 0 Å². The van der Waals surface area contributed by atoms with Gasteiger partial charge in [0.2, 0.25) is 5.91 Å². The van der Waals surface area contributed by atoms with Gasteiger partial charge in [0.15, 0.2) is 6.10 Å². The molecule has 0 bridgehead atoms. The number of hydrogen-bond acceptors (Lipinski definition) is 5. The Morgan fingerprint density at radius 2 is 1.86 bits per heavy atom. The number of fused-ring (bicyclic) bond motifs is 1. The van der Waals surface area contributed by atoms with Crippen LogP contribution in [0, 0.1) is 6.92 Å². The quantitative estimate of drug-likeness (QED) is 0.861. The van der Waals surface area contributed by atoms with Gasteiger partial charge in [0.05, 0.1) is 19.2 Å². The number of anilines is 2. The fourth-order valence-electron chi connectivity index (χ4n) is 3.69. The Kier molecular flexibility index (Phi) is 5.29. The molecule has 1 saturated heterocycles. The van der Waals surface area contributed by atoms with Crippen LogP contribution >= 0.6 is 0 Å². The van der Waals surface area contributed by atoms with E-state index in [1.54, 1.807) is 12.0 Å². The van der Waals surface area contributed by atoms with E-state index >= 15 is 0 Å². The van der Waals surface area contributed by atoms with Gasteiger partial charge in [-0.1, -0.05) is 6.07 Å². The van der Waals surface area contributed by atoms with Gasteiger partial charge >= 0.3 is 0 Å². The van der Waals surface area contributed by atoms with E-state index < -0.39 is 6.10 Å². The van der Waals surface area contributed by atoms with Gasteiger partial charge in [-0.15, -0.1) is 0 Å². The van der Waals surface area contributed by atoms with Crippen molar-refractivity contribution < 1.29 is 19.1 Å². The third-order valence-electron chi connectivity index (χ3n) is 5.38. The van der Waals surface area contributed by atoms with Crippen molar-refractivity contribution in [3.8, 4) is 11.5 Å². The molecule has 0 saturated carbocycles. The number of carbonyl (C=O) groups is 2. The number of carbonyl (C=O) groups excluding carboxylic acids is 2. The van der Waals surface area contributed by atoms with Crippen molar-refractivity contribution in [2.45, 2.75) is 19.4 Å². The zero-order chi connectivity index (χ0) is 20.4. The first kappa shape index (κ1) is 19.1. The highest BCUT2D eigenvalue weighted by Gasteiger charge is 2.32. The summed E-state index contributed by atoms with van der Waals surface area (Å²) in [6.45, 7) is 4.69. The lowest BCUT2D eigenvalue weighted by molar-refractivity contribution is -0.137. The molecule has 2 aromatic rings. The molecule has 152 valence electrons. The second-order valence-electron chi connectivity index (χ2n) is 7.37. The highest BCUT2D eigenvalue weighted by Crippen LogP contribution is 2.31. The molecule has 1 atom stereocenters. The molecule has 0 aliphatic carbocycles. The van der Waals surface area contributed by atoms with Gasteiger partial charge < -0.3 is 24.6 Å². The maximum absolute atomic E-state index is 12.7. The number of nitrogens with one attached hydrogen (secondary N) is 1. The van der Waals surface area contributed by atoms with Gasteiger partial charge in [0.1, 0.15) is 11.5 Å². The Morgan fingerprint density at radius 1 is 1.14 bits per heavy atom. The monoisotopic (exact) mass is 395 g/mol. The zero-order valence-corrected chi connectivity index (χ0v) is 16.7. The van der Waals surface area contributed by atoms with E-state index in [-0.39, 0.29) is 18.2 Å². The fraction of sp³-hybridized carbons (Fsp3) is 0.364. The Labute approximate surface area is 170 Å². The topological polar surface area (TPSA) is 71.1 Å². The summed E-state index contributed by atoms with van der Waals surface area (Å²) in [4.78, 5) is 29.1. The highest BCUT2D eigenvalue weighted by molar-refractivity contribution is 6.00. The van der Waals surface area contributed by atoms with Gasteiger partial charge in [-0.3, -0.25) is 9.59 Å². The molecule has 7 nitrogen and oxygen atoms in total. The Bertz CT molecular complexity index is 905. The van der Waals surface area contributed by atoms with E-state index in [1.165, 1.54) is 0 Å². The van der Waals surface area contributed by atoms with E-state index in [4.69, 9.17) is 9.47 Å². The molecule has 0 aromatic heterocycles. The molecule has 2 heterocycles. The van der Waals surface area contributed by atoms with Crippen LogP contribution < -0.4 is 19.7 Å². The van der Waals surface area contributed by atoms with Crippen LogP contribution in [0.2, 0.25) is 0 Å². The molecule has 4 rings (SSSR count). The van der Waals surface area contributed by atoms with Crippen LogP contribution in [0.5, 0.6) is 11.5 Å². The SMILES string of the molecule is COc1ccc(N2CCN(C(=O)CC3Oc4ccc(C)cc4NC3=O)CC2)cc1. The van der Waals surface area contributed by atoms with Crippen LogP contribution in [0.3, 0.4) is 0 Å². The lowest BCUT2D eigenvalue weighted by atomic mass is 10.1. The molecular formula is C22H25N3O4. The van der Waals surface area contributed by atoms with Crippen LogP contribution in [0.1, 0.15) is 12.0 Å². The summed E-state index contributed by atoms with van der Waals surface area (Å²) in [5.74, 6) is 1.10. The van der Waals surface area contributed by atoms with Crippen LogP contribution in [-0.2, 0) is 9.59 Å². The minimum Gasteiger partial charge on any atom is -0.497 e. The van der Waals surface area contributed by atoms with Crippen LogP contribution in [-0.4, -0.2) is 56.1 Å². The molecule has 7 heteroatoms. The predicted octanol–water partition coefficient (Wildman–Crippen LogP) is 2.44. The molecule has 0 spiro atoms. The van der Waals surface area contributed by atoms with E-state index in [9.17, 15) is 9.59 Å². The maximum atomic E-state index is 12.7. The zero-order valence-electron chi connectivity index (χ0n) is 16.7. The minimum atomic E-state index is -0.794. The number of benzene rings is 2. The number of rotatable bonds is 4. The summed E-state index contributed by atoms with van der Waals surface area (Å²) in [5.41, 5.74) is 2.81. The standard InChI is InChI=1S/C22H25N3O4/c1-15-3-8-19-18(13-15)23-22(27)20(29-19)14-21(26)25-11-9-24(10-12-25)16-4-6-17(28-2)7-5-16/h3-8,13,20H,9-12,14H2,1-2H3,(H,23,27). The number of ether oxygens (including phenoxy) is 2. The molecule has 1 unspecified atom stereocenters. The number of nitrogens with zero attached hydrogens (tertiary/aromatic N) is 2. The third-order valence-corrected chi connectivity index (χ3v) is 5.38. The number of methoxy groups -OCH3 is 1. The van der Waals surface area contributed by atoms with E-state index in [2.05, 4.69) is 10.2 Å². The molecule has 2 aliphatic rings. The molecule has 2 amide bonds. The largest absolute Gasteiger partial charge is 0.497 e. The summed E-state index contributed by atoms with van der Waals surface area (Å²) in [5, 5.41) is 2.84. The van der Waals surface area contributed by atoms with Crippen molar-refractivity contribution in [2.24, 2.45) is 0 Å². The van der Waals surface area contributed by atoms with Crippen LogP contribution in [0.25, 0.3) is 0 Å². The van der Waals surface area contributed by atoms with E-state index in [0.29, 0.717) is 24.5 Å². The Morgan fingerprint density at radius 3 is 2.55 bits per heavy atom. The van der Waals surface area contributed by atoms with Crippen molar-refractivity contribution >= 4 is 23.2 Å². The van der Waals surface area contributed by atoms with Gasteiger partial charge in [-0.2, -0.15) is 0 Å². The van der Waals surface area contributed by atoms with E-state index in [0.717, 1.165) is 30.1 Å². The first-order valence-corrected chi connectivity index (χ1v) is 9.78. The lowest BCUT2D eigenvalue weighted by Crippen LogP contribution is -2.50. The van der Waals surface area contributed by atoms with Crippen molar-refractivity contribution in [2.75, 3.05) is 43.5 Å². The number of piperazine rings is 1. The predicted molar refractivity (Wildman–Crippen MR) is 111 cm³/mol. The second kappa shape index (κ2) is 8.03. The number of hydrogen-bond donors (Lipinski definition) is 1. The maximum Gasteiger partial charge on any atom is 0.266 e. The minimum absolute atomic E-state index is 0.0433. The average Bonchev–Trinajstić information content (AvgIpc) is 2.74. The molecule has 2 aliphatic heterocycles. The first-order valence-electron chi connectivity index (χ1n) is 9.78. The van der Waals surface area contributed by atoms with Gasteiger partial charge in [0, 0.05) is 31.9 Å². The average molecular weight is 395 g/mol. The number of amides is 2. The summed E-state index contributed by atoms with van der Waals surface area (Å²) in [6.07, 6.45) is -0.751. The Hall–Kier alpha value is -3.22. The molecule has 0 radical (unpaired) electrons. The molecule has 29 heavy (non-hydrogen) atoms. The summed E-state index contributed by atoms with van der Waals surface area (Å²) < 4.78 is 11.0. The Balaban J connectivity index is 1.33. The normalized spacial score (nSPS) is 18.6. The van der Waals surface area contributed by atoms with Crippen LogP contribution in [0.15, 0.2) is 42.5 Å². The third kappa shape index (κ3) is 4.13.